The van der Waals surface area contributed by atoms with Crippen LogP contribution < -0.4 is 10.5 Å². The Kier molecular flexibility index (Phi) is 4.48. The Balaban J connectivity index is 1.77. The van der Waals surface area contributed by atoms with Crippen molar-refractivity contribution in [3.63, 3.8) is 0 Å². The number of carboxylic acids is 1. The third-order valence-corrected chi connectivity index (χ3v) is 3.79. The van der Waals surface area contributed by atoms with E-state index in [9.17, 15) is 9.90 Å². The van der Waals surface area contributed by atoms with Crippen molar-refractivity contribution in [2.24, 2.45) is 5.73 Å². The van der Waals surface area contributed by atoms with Crippen molar-refractivity contribution < 1.29 is 19.2 Å². The molecular weight excluding hydrogens is 308 g/mol. The van der Waals surface area contributed by atoms with E-state index in [1.807, 2.05) is 30.3 Å². The van der Waals surface area contributed by atoms with Crippen molar-refractivity contribution in [3.8, 4) is 5.75 Å². The number of aryl methyl sites for hydroxylation is 1. The lowest BCUT2D eigenvalue weighted by atomic mass is 10.1. The molecule has 1 aromatic heterocycles. The number of aromatic carboxylic acids is 1. The zero-order chi connectivity index (χ0) is 17.1. The number of nitrogens with zero attached hydrogens (tertiary/aromatic N) is 1. The van der Waals surface area contributed by atoms with E-state index < -0.39 is 5.97 Å². The minimum Gasteiger partial charge on any atom is -0.491 e. The van der Waals surface area contributed by atoms with Crippen molar-refractivity contribution in [3.05, 3.63) is 59.3 Å². The molecule has 1 atom stereocenters. The largest absolute Gasteiger partial charge is 0.491 e. The number of hydrogen-bond donors (Lipinski definition) is 2. The average molecular weight is 326 g/mol. The van der Waals surface area contributed by atoms with Gasteiger partial charge in [0.15, 0.2) is 5.58 Å². The van der Waals surface area contributed by atoms with Crippen molar-refractivity contribution >= 4 is 16.9 Å². The van der Waals surface area contributed by atoms with Crippen LogP contribution in [0.5, 0.6) is 5.75 Å². The number of benzene rings is 2. The molecule has 0 fully saturated rings. The van der Waals surface area contributed by atoms with Crippen molar-refractivity contribution in [1.82, 2.24) is 5.16 Å². The summed E-state index contributed by atoms with van der Waals surface area (Å²) in [5.74, 6) is -0.891. The van der Waals surface area contributed by atoms with Crippen LogP contribution in [0.1, 0.15) is 21.6 Å². The summed E-state index contributed by atoms with van der Waals surface area (Å²) in [5.41, 5.74) is 8.02. The highest BCUT2D eigenvalue weighted by atomic mass is 16.5. The van der Waals surface area contributed by atoms with Gasteiger partial charge in [-0.05, 0) is 31.0 Å². The maximum Gasteiger partial charge on any atom is 0.343 e. The fourth-order valence-electron chi connectivity index (χ4n) is 2.60. The van der Waals surface area contributed by atoms with E-state index >= 15 is 0 Å². The summed E-state index contributed by atoms with van der Waals surface area (Å²) in [7, 11) is 0. The van der Waals surface area contributed by atoms with E-state index in [0.29, 0.717) is 17.5 Å². The maximum atomic E-state index is 11.6. The molecule has 2 aromatic carbocycles. The molecule has 6 heteroatoms. The first-order chi connectivity index (χ1) is 11.6. The highest BCUT2D eigenvalue weighted by Gasteiger charge is 2.21. The summed E-state index contributed by atoms with van der Waals surface area (Å²) in [6.07, 6.45) is 0.646. The Hall–Kier alpha value is -2.86. The van der Waals surface area contributed by atoms with Gasteiger partial charge < -0.3 is 20.1 Å². The second-order valence-electron chi connectivity index (χ2n) is 5.65. The highest BCUT2D eigenvalue weighted by Crippen LogP contribution is 2.30. The molecule has 0 aliphatic rings. The van der Waals surface area contributed by atoms with Gasteiger partial charge in [0.2, 0.25) is 0 Å². The molecule has 124 valence electrons. The molecule has 6 nitrogen and oxygen atoms in total. The predicted octanol–water partition coefficient (Wildman–Crippen LogP) is 2.78. The number of nitrogens with two attached hydrogens (primary N) is 1. The fraction of sp³-hybridized carbons (Fsp3) is 0.222. The first-order valence-corrected chi connectivity index (χ1v) is 7.61. The van der Waals surface area contributed by atoms with Gasteiger partial charge in [0.1, 0.15) is 17.9 Å². The molecule has 3 aromatic rings. The van der Waals surface area contributed by atoms with Gasteiger partial charge in [-0.3, -0.25) is 0 Å². The number of aromatic nitrogens is 1. The Morgan fingerprint density at radius 2 is 2.04 bits per heavy atom. The lowest BCUT2D eigenvalue weighted by molar-refractivity contribution is 0.0692. The fourth-order valence-corrected chi connectivity index (χ4v) is 2.60. The van der Waals surface area contributed by atoms with E-state index in [-0.39, 0.29) is 29.5 Å². The molecule has 0 saturated heterocycles. The highest BCUT2D eigenvalue weighted by molar-refractivity contribution is 6.04. The molecule has 0 spiro atoms. The minimum absolute atomic E-state index is 0.0278. The SMILES string of the molecule is Cc1noc2c(C(=O)O)c(OCC(N)Cc3ccccc3)ccc12. The van der Waals surface area contributed by atoms with E-state index in [1.165, 1.54) is 0 Å². The summed E-state index contributed by atoms with van der Waals surface area (Å²) in [6.45, 7) is 1.96. The molecule has 0 radical (unpaired) electrons. The molecule has 0 saturated carbocycles. The summed E-state index contributed by atoms with van der Waals surface area (Å²) < 4.78 is 10.8. The minimum atomic E-state index is -1.12. The normalized spacial score (nSPS) is 12.2. The number of carboxylic acid groups (broad SMARTS) is 1. The van der Waals surface area contributed by atoms with E-state index in [2.05, 4.69) is 5.16 Å². The topological polar surface area (TPSA) is 98.6 Å². The molecule has 0 amide bonds. The predicted molar refractivity (Wildman–Crippen MR) is 89.3 cm³/mol. The van der Waals surface area contributed by atoms with Crippen LogP contribution in [0.3, 0.4) is 0 Å². The zero-order valence-corrected chi connectivity index (χ0v) is 13.2. The molecule has 0 aliphatic carbocycles. The smallest absolute Gasteiger partial charge is 0.343 e. The zero-order valence-electron chi connectivity index (χ0n) is 13.2. The van der Waals surface area contributed by atoms with Crippen molar-refractivity contribution in [1.29, 1.82) is 0 Å². The average Bonchev–Trinajstić information content (AvgIpc) is 2.94. The Morgan fingerprint density at radius 1 is 1.29 bits per heavy atom. The van der Waals surface area contributed by atoms with Gasteiger partial charge in [0.25, 0.3) is 0 Å². The van der Waals surface area contributed by atoms with Crippen LogP contribution in [0.4, 0.5) is 0 Å². The van der Waals surface area contributed by atoms with Crippen LogP contribution in [0, 0.1) is 6.92 Å². The first-order valence-electron chi connectivity index (χ1n) is 7.61. The van der Waals surface area contributed by atoms with Gasteiger partial charge in [0, 0.05) is 11.4 Å². The molecule has 3 rings (SSSR count). The van der Waals surface area contributed by atoms with Gasteiger partial charge in [0.05, 0.1) is 5.69 Å². The number of fused-ring (bicyclic) bond motifs is 1. The summed E-state index contributed by atoms with van der Waals surface area (Å²) in [6, 6.07) is 12.9. The molecule has 24 heavy (non-hydrogen) atoms. The van der Waals surface area contributed by atoms with E-state index in [4.69, 9.17) is 15.0 Å². The Bertz CT molecular complexity index is 858. The van der Waals surface area contributed by atoms with Crippen LogP contribution in [0.15, 0.2) is 47.0 Å². The van der Waals surface area contributed by atoms with Gasteiger partial charge >= 0.3 is 5.97 Å². The Labute approximate surface area is 138 Å². The molecule has 0 bridgehead atoms. The van der Waals surface area contributed by atoms with Crippen LogP contribution in [-0.2, 0) is 6.42 Å². The molecule has 1 unspecified atom stereocenters. The third-order valence-electron chi connectivity index (χ3n) is 3.79. The molecule has 1 heterocycles. The summed E-state index contributed by atoms with van der Waals surface area (Å²) in [5, 5.41) is 13.9. The van der Waals surface area contributed by atoms with Gasteiger partial charge in [-0.2, -0.15) is 0 Å². The van der Waals surface area contributed by atoms with Gasteiger partial charge in [-0.15, -0.1) is 0 Å². The van der Waals surface area contributed by atoms with Crippen molar-refractivity contribution in [2.75, 3.05) is 6.61 Å². The quantitative estimate of drug-likeness (QED) is 0.722. The molecule has 0 aliphatic heterocycles. The number of hydrogen-bond acceptors (Lipinski definition) is 5. The second-order valence-corrected chi connectivity index (χ2v) is 5.65. The number of ether oxygens (including phenoxy) is 1. The van der Waals surface area contributed by atoms with Crippen LogP contribution >= 0.6 is 0 Å². The summed E-state index contributed by atoms with van der Waals surface area (Å²) in [4.78, 5) is 11.6. The molecule has 3 N–H and O–H groups in total. The Morgan fingerprint density at radius 3 is 2.75 bits per heavy atom. The lowest BCUT2D eigenvalue weighted by Crippen LogP contribution is -2.30. The van der Waals surface area contributed by atoms with E-state index in [1.54, 1.807) is 19.1 Å². The molecular formula is C18H18N2O4. The third kappa shape index (κ3) is 3.23. The number of carbonyl (C=O) groups is 1. The standard InChI is InChI=1S/C18H18N2O4/c1-11-14-7-8-15(16(18(21)22)17(14)24-20-11)23-10-13(19)9-12-5-3-2-4-6-12/h2-8,13H,9-10,19H2,1H3,(H,21,22). The first kappa shape index (κ1) is 16.0. The van der Waals surface area contributed by atoms with E-state index in [0.717, 1.165) is 5.56 Å². The summed E-state index contributed by atoms with van der Waals surface area (Å²) >= 11 is 0. The van der Waals surface area contributed by atoms with Gasteiger partial charge in [-0.25, -0.2) is 4.79 Å². The van der Waals surface area contributed by atoms with Crippen molar-refractivity contribution in [2.45, 2.75) is 19.4 Å². The second kappa shape index (κ2) is 6.72. The van der Waals surface area contributed by atoms with Crippen LogP contribution in [0.25, 0.3) is 11.0 Å². The number of rotatable bonds is 6. The van der Waals surface area contributed by atoms with Crippen LogP contribution in [-0.4, -0.2) is 28.9 Å². The monoisotopic (exact) mass is 326 g/mol. The van der Waals surface area contributed by atoms with Gasteiger partial charge in [-0.1, -0.05) is 35.5 Å². The van der Waals surface area contributed by atoms with Crippen LogP contribution in [0.2, 0.25) is 0 Å². The lowest BCUT2D eigenvalue weighted by Gasteiger charge is -2.14. The maximum absolute atomic E-state index is 11.6.